The van der Waals surface area contributed by atoms with E-state index in [4.69, 9.17) is 0 Å². The van der Waals surface area contributed by atoms with Gasteiger partial charge in [-0.1, -0.05) is 12.1 Å². The third-order valence-corrected chi connectivity index (χ3v) is 3.28. The summed E-state index contributed by atoms with van der Waals surface area (Å²) in [5.41, 5.74) is 1.77. The number of nitrogens with zero attached hydrogens (tertiary/aromatic N) is 2. The van der Waals surface area contributed by atoms with Gasteiger partial charge in [-0.3, -0.25) is 0 Å². The molecule has 0 spiro atoms. The molecular weight excluding hydrogens is 215 g/mol. The lowest BCUT2D eigenvalue weighted by atomic mass is 10.1. The second-order valence-corrected chi connectivity index (χ2v) is 4.29. The van der Waals surface area contributed by atoms with E-state index in [1.165, 1.54) is 6.07 Å². The minimum Gasteiger partial charge on any atom is -0.235 e. The molecular formula is C14H18FN2+. The molecule has 0 aliphatic rings. The molecule has 90 valence electrons. The molecule has 2 nitrogen and oxygen atoms in total. The Labute approximate surface area is 101 Å². The highest BCUT2D eigenvalue weighted by Gasteiger charge is 2.14. The van der Waals surface area contributed by atoms with Gasteiger partial charge in [0.25, 0.3) is 5.82 Å². The van der Waals surface area contributed by atoms with Gasteiger partial charge in [0.2, 0.25) is 0 Å². The van der Waals surface area contributed by atoms with E-state index in [0.29, 0.717) is 6.54 Å². The Balaban J connectivity index is 2.35. The largest absolute Gasteiger partial charge is 0.253 e. The van der Waals surface area contributed by atoms with E-state index in [9.17, 15) is 4.39 Å². The highest BCUT2D eigenvalue weighted by atomic mass is 19.1. The number of rotatable bonds is 3. The maximum absolute atomic E-state index is 13.7. The number of aromatic nitrogens is 2. The van der Waals surface area contributed by atoms with E-state index in [0.717, 1.165) is 23.5 Å². The normalized spacial score (nSPS) is 10.8. The van der Waals surface area contributed by atoms with Gasteiger partial charge in [0.05, 0.1) is 6.54 Å². The van der Waals surface area contributed by atoms with Crippen molar-refractivity contribution in [2.24, 2.45) is 0 Å². The Morgan fingerprint density at radius 3 is 2.65 bits per heavy atom. The summed E-state index contributed by atoms with van der Waals surface area (Å²) in [4.78, 5) is 0. The van der Waals surface area contributed by atoms with Crippen molar-refractivity contribution in [3.63, 3.8) is 0 Å². The predicted octanol–water partition coefficient (Wildman–Crippen LogP) is 2.60. The third kappa shape index (κ3) is 2.23. The topological polar surface area (TPSA) is 8.81 Å². The lowest BCUT2D eigenvalue weighted by Gasteiger charge is -2.05. The molecule has 17 heavy (non-hydrogen) atoms. The summed E-state index contributed by atoms with van der Waals surface area (Å²) in [6.07, 6.45) is 4.04. The molecule has 0 saturated carbocycles. The molecule has 2 aromatic rings. The molecule has 0 unspecified atom stereocenters. The quantitative estimate of drug-likeness (QED) is 0.721. The maximum Gasteiger partial charge on any atom is 0.253 e. The van der Waals surface area contributed by atoms with Crippen LogP contribution in [0.3, 0.4) is 0 Å². The zero-order valence-electron chi connectivity index (χ0n) is 10.6. The van der Waals surface area contributed by atoms with Gasteiger partial charge in [0, 0.05) is 12.5 Å². The number of hydrogen-bond donors (Lipinski definition) is 0. The number of imidazole rings is 1. The van der Waals surface area contributed by atoms with Gasteiger partial charge < -0.3 is 0 Å². The average molecular weight is 233 g/mol. The van der Waals surface area contributed by atoms with Gasteiger partial charge in [-0.15, -0.1) is 0 Å². The third-order valence-electron chi connectivity index (χ3n) is 3.28. The Bertz CT molecular complexity index is 509. The zero-order valence-corrected chi connectivity index (χ0v) is 10.6. The van der Waals surface area contributed by atoms with E-state index < -0.39 is 0 Å². The van der Waals surface area contributed by atoms with Gasteiger partial charge in [-0.25, -0.2) is 13.5 Å². The summed E-state index contributed by atoms with van der Waals surface area (Å²) in [5, 5.41) is 0. The van der Waals surface area contributed by atoms with Crippen molar-refractivity contribution in [2.45, 2.75) is 33.9 Å². The summed E-state index contributed by atoms with van der Waals surface area (Å²) >= 11 is 0. The minimum absolute atomic E-state index is 0.124. The molecule has 1 heterocycles. The molecule has 0 aliphatic carbocycles. The van der Waals surface area contributed by atoms with Gasteiger partial charge >= 0.3 is 0 Å². The smallest absolute Gasteiger partial charge is 0.235 e. The van der Waals surface area contributed by atoms with Crippen molar-refractivity contribution < 1.29 is 8.96 Å². The van der Waals surface area contributed by atoms with Gasteiger partial charge in [-0.2, -0.15) is 0 Å². The van der Waals surface area contributed by atoms with Crippen LogP contribution in [0.2, 0.25) is 0 Å². The van der Waals surface area contributed by atoms with Crippen LogP contribution in [0.5, 0.6) is 0 Å². The second-order valence-electron chi connectivity index (χ2n) is 4.29. The van der Waals surface area contributed by atoms with Crippen LogP contribution >= 0.6 is 0 Å². The molecule has 0 radical (unpaired) electrons. The summed E-state index contributed by atoms with van der Waals surface area (Å²) in [6, 6.07) is 5.23. The van der Waals surface area contributed by atoms with Crippen LogP contribution < -0.4 is 4.57 Å². The van der Waals surface area contributed by atoms with Crippen molar-refractivity contribution >= 4 is 0 Å². The summed E-state index contributed by atoms with van der Waals surface area (Å²) in [5.74, 6) is 1.02. The monoisotopic (exact) mass is 233 g/mol. The van der Waals surface area contributed by atoms with E-state index >= 15 is 0 Å². The summed E-state index contributed by atoms with van der Waals surface area (Å²) in [6.45, 7) is 7.64. The minimum atomic E-state index is -0.124. The van der Waals surface area contributed by atoms with Crippen LogP contribution in [0.25, 0.3) is 0 Å². The Hall–Kier alpha value is -1.64. The van der Waals surface area contributed by atoms with Crippen molar-refractivity contribution in [1.29, 1.82) is 0 Å². The molecule has 0 bridgehead atoms. The number of benzene rings is 1. The molecule has 1 aromatic heterocycles. The van der Waals surface area contributed by atoms with Crippen LogP contribution in [0.1, 0.15) is 23.9 Å². The molecule has 3 heteroatoms. The van der Waals surface area contributed by atoms with Crippen molar-refractivity contribution in [1.82, 2.24) is 4.57 Å². The molecule has 1 aromatic carbocycles. The van der Waals surface area contributed by atoms with Crippen molar-refractivity contribution in [2.75, 3.05) is 0 Å². The van der Waals surface area contributed by atoms with Crippen molar-refractivity contribution in [3.05, 3.63) is 53.4 Å². The predicted molar refractivity (Wildman–Crippen MR) is 65.3 cm³/mol. The number of hydrogen-bond acceptors (Lipinski definition) is 0. The lowest BCUT2D eigenvalue weighted by Crippen LogP contribution is -2.36. The molecule has 0 atom stereocenters. The van der Waals surface area contributed by atoms with Gasteiger partial charge in [-0.05, 0) is 25.5 Å². The SMILES string of the molecule is CCn1cc[n+](Cc2c(C)cccc2F)c1C. The van der Waals surface area contributed by atoms with Gasteiger partial charge in [0.15, 0.2) is 0 Å². The van der Waals surface area contributed by atoms with Crippen molar-refractivity contribution in [3.8, 4) is 0 Å². The first-order valence-electron chi connectivity index (χ1n) is 5.92. The Morgan fingerprint density at radius 1 is 1.29 bits per heavy atom. The first-order valence-corrected chi connectivity index (χ1v) is 5.92. The van der Waals surface area contributed by atoms with Crippen LogP contribution in [0.4, 0.5) is 4.39 Å². The van der Waals surface area contributed by atoms with Gasteiger partial charge in [0.1, 0.15) is 24.8 Å². The summed E-state index contributed by atoms with van der Waals surface area (Å²) in [7, 11) is 0. The fourth-order valence-electron chi connectivity index (χ4n) is 2.08. The number of halogens is 1. The highest BCUT2D eigenvalue weighted by molar-refractivity contribution is 5.26. The fourth-order valence-corrected chi connectivity index (χ4v) is 2.08. The first-order chi connectivity index (χ1) is 8.13. The van der Waals surface area contributed by atoms with E-state index in [-0.39, 0.29) is 5.82 Å². The van der Waals surface area contributed by atoms with Crippen LogP contribution in [0, 0.1) is 19.7 Å². The van der Waals surface area contributed by atoms with Crippen LogP contribution in [-0.2, 0) is 13.1 Å². The van der Waals surface area contributed by atoms with Crippen LogP contribution in [0.15, 0.2) is 30.6 Å². The summed E-state index contributed by atoms with van der Waals surface area (Å²) < 4.78 is 18.0. The Kier molecular flexibility index (Phi) is 3.27. The Morgan fingerprint density at radius 2 is 2.06 bits per heavy atom. The second kappa shape index (κ2) is 4.70. The zero-order chi connectivity index (χ0) is 12.4. The molecule has 0 aliphatic heterocycles. The molecule has 0 N–H and O–H groups in total. The molecule has 0 amide bonds. The van der Waals surface area contributed by atoms with E-state index in [2.05, 4.69) is 23.0 Å². The van der Waals surface area contributed by atoms with E-state index in [1.807, 2.05) is 25.4 Å². The molecule has 0 saturated heterocycles. The lowest BCUT2D eigenvalue weighted by molar-refractivity contribution is -0.694. The maximum atomic E-state index is 13.7. The average Bonchev–Trinajstić information content (AvgIpc) is 2.65. The van der Waals surface area contributed by atoms with Crippen LogP contribution in [-0.4, -0.2) is 4.57 Å². The standard InChI is InChI=1S/C14H18FN2/c1-4-16-8-9-17(12(16)3)10-13-11(2)6-5-7-14(13)15/h5-9H,4,10H2,1-3H3/q+1. The first kappa shape index (κ1) is 11.8. The van der Waals surface area contributed by atoms with E-state index in [1.54, 1.807) is 6.07 Å². The molecule has 0 fully saturated rings. The number of aryl methyl sites for hydroxylation is 2. The molecule has 2 rings (SSSR count). The fraction of sp³-hybridized carbons (Fsp3) is 0.357. The highest BCUT2D eigenvalue weighted by Crippen LogP contribution is 2.12.